The van der Waals surface area contributed by atoms with E-state index in [-0.39, 0.29) is 53.7 Å². The number of carbonyl (C=O) groups is 1. The van der Waals surface area contributed by atoms with Crippen LogP contribution in [0.3, 0.4) is 0 Å². The molecule has 2 heterocycles. The van der Waals surface area contributed by atoms with Gasteiger partial charge in [0.25, 0.3) is 5.91 Å². The quantitative estimate of drug-likeness (QED) is 0.691. The van der Waals surface area contributed by atoms with Crippen LogP contribution in [0.1, 0.15) is 52.4 Å². The standard InChI is InChI=1S/C24H31N3O3.2ClH/c1-16(2)20-11-21(23(29)12-22(20)28)24(30)27-14-18-5-4-17(10-19(18)15-27)13-26-8-6-25(3)7-9-26;;/h4-5,10-12,16,28-29H,6-9,13-15H2,1-3H3;2*1H. The summed E-state index contributed by atoms with van der Waals surface area (Å²) in [6.07, 6.45) is 0. The van der Waals surface area contributed by atoms with Crippen molar-refractivity contribution in [3.63, 3.8) is 0 Å². The Balaban J connectivity index is 0.00000181. The maximum atomic E-state index is 13.1. The molecule has 0 aliphatic carbocycles. The number of hydrogen-bond donors (Lipinski definition) is 2. The number of halogens is 2. The molecule has 8 heteroatoms. The lowest BCUT2D eigenvalue weighted by Crippen LogP contribution is -2.43. The molecule has 0 atom stereocenters. The maximum Gasteiger partial charge on any atom is 0.258 e. The van der Waals surface area contributed by atoms with Gasteiger partial charge >= 0.3 is 0 Å². The molecule has 2 aliphatic heterocycles. The number of nitrogens with zero attached hydrogens (tertiary/aromatic N) is 3. The monoisotopic (exact) mass is 481 g/mol. The average molecular weight is 482 g/mol. The second kappa shape index (κ2) is 10.8. The van der Waals surface area contributed by atoms with Crippen molar-refractivity contribution >= 4 is 30.7 Å². The van der Waals surface area contributed by atoms with Crippen LogP contribution in [0.15, 0.2) is 30.3 Å². The molecule has 1 amide bonds. The van der Waals surface area contributed by atoms with Crippen molar-refractivity contribution in [2.75, 3.05) is 33.2 Å². The van der Waals surface area contributed by atoms with Crippen LogP contribution >= 0.6 is 24.8 Å². The average Bonchev–Trinajstić information content (AvgIpc) is 3.12. The predicted molar refractivity (Wildman–Crippen MR) is 131 cm³/mol. The minimum Gasteiger partial charge on any atom is -0.508 e. The molecule has 2 aromatic carbocycles. The largest absolute Gasteiger partial charge is 0.508 e. The van der Waals surface area contributed by atoms with Crippen LogP contribution in [0.2, 0.25) is 0 Å². The fraction of sp³-hybridized carbons (Fsp3) is 0.458. The van der Waals surface area contributed by atoms with Crippen LogP contribution in [0, 0.1) is 0 Å². The van der Waals surface area contributed by atoms with Crippen molar-refractivity contribution in [1.29, 1.82) is 0 Å². The molecule has 32 heavy (non-hydrogen) atoms. The topological polar surface area (TPSA) is 67.3 Å². The molecular weight excluding hydrogens is 449 g/mol. The molecule has 2 aliphatic rings. The van der Waals surface area contributed by atoms with Crippen molar-refractivity contribution in [3.8, 4) is 11.5 Å². The molecule has 176 valence electrons. The number of aromatic hydroxyl groups is 2. The Bertz CT molecular complexity index is 960. The number of rotatable bonds is 4. The van der Waals surface area contributed by atoms with E-state index in [4.69, 9.17) is 0 Å². The number of benzene rings is 2. The Kier molecular flexibility index (Phi) is 8.82. The first kappa shape index (κ1) is 26.3. The fourth-order valence-electron chi connectivity index (χ4n) is 4.35. The van der Waals surface area contributed by atoms with Gasteiger partial charge in [0.2, 0.25) is 0 Å². The van der Waals surface area contributed by atoms with Crippen molar-refractivity contribution in [2.45, 2.75) is 39.4 Å². The molecule has 0 bridgehead atoms. The highest BCUT2D eigenvalue weighted by atomic mass is 35.5. The summed E-state index contributed by atoms with van der Waals surface area (Å²) in [5.41, 5.74) is 4.54. The molecule has 1 saturated heterocycles. The number of amides is 1. The van der Waals surface area contributed by atoms with Crippen LogP contribution < -0.4 is 0 Å². The summed E-state index contributed by atoms with van der Waals surface area (Å²) in [5.74, 6) is -0.290. The van der Waals surface area contributed by atoms with E-state index in [9.17, 15) is 15.0 Å². The number of phenols is 2. The first-order valence-electron chi connectivity index (χ1n) is 10.7. The maximum absolute atomic E-state index is 13.1. The van der Waals surface area contributed by atoms with Crippen LogP contribution in [0.25, 0.3) is 0 Å². The summed E-state index contributed by atoms with van der Waals surface area (Å²) in [4.78, 5) is 19.7. The molecule has 2 aromatic rings. The molecule has 0 saturated carbocycles. The van der Waals surface area contributed by atoms with Gasteiger partial charge in [-0.25, -0.2) is 0 Å². The Morgan fingerprint density at radius 2 is 1.59 bits per heavy atom. The van der Waals surface area contributed by atoms with Gasteiger partial charge in [-0.05, 0) is 41.3 Å². The second-order valence-corrected chi connectivity index (χ2v) is 8.93. The fourth-order valence-corrected chi connectivity index (χ4v) is 4.35. The van der Waals surface area contributed by atoms with Gasteiger partial charge in [0.1, 0.15) is 11.5 Å². The first-order valence-corrected chi connectivity index (χ1v) is 10.7. The van der Waals surface area contributed by atoms with E-state index in [0.717, 1.165) is 38.3 Å². The minimum absolute atomic E-state index is 0. The van der Waals surface area contributed by atoms with E-state index in [1.165, 1.54) is 17.2 Å². The molecule has 1 fully saturated rings. The third-order valence-corrected chi connectivity index (χ3v) is 6.28. The number of hydrogen-bond acceptors (Lipinski definition) is 5. The highest BCUT2D eigenvalue weighted by Crippen LogP contribution is 2.34. The summed E-state index contributed by atoms with van der Waals surface area (Å²) in [6.45, 7) is 10.3. The summed E-state index contributed by atoms with van der Waals surface area (Å²) in [5, 5.41) is 20.3. The number of phenolic OH excluding ortho intramolecular Hbond substituents is 2. The molecule has 6 nitrogen and oxygen atoms in total. The van der Waals surface area contributed by atoms with Crippen molar-refractivity contribution < 1.29 is 15.0 Å². The Hall–Kier alpha value is -1.99. The van der Waals surface area contributed by atoms with Gasteiger partial charge in [-0.3, -0.25) is 9.69 Å². The first-order chi connectivity index (χ1) is 14.3. The van der Waals surface area contributed by atoms with E-state index in [2.05, 4.69) is 35.0 Å². The molecule has 0 spiro atoms. The summed E-state index contributed by atoms with van der Waals surface area (Å²) in [7, 11) is 2.16. The number of carbonyl (C=O) groups excluding carboxylic acids is 1. The molecular formula is C24H33Cl2N3O3. The Morgan fingerprint density at radius 3 is 2.25 bits per heavy atom. The lowest BCUT2D eigenvalue weighted by molar-refractivity contribution is 0.0748. The number of likely N-dealkylation sites (N-methyl/N-ethyl adjacent to an activating group) is 1. The molecule has 0 radical (unpaired) electrons. The van der Waals surface area contributed by atoms with E-state index in [1.54, 1.807) is 11.0 Å². The van der Waals surface area contributed by atoms with Gasteiger partial charge in [0, 0.05) is 51.9 Å². The zero-order valence-electron chi connectivity index (χ0n) is 18.9. The SMILES string of the molecule is CC(C)c1cc(C(=O)N2Cc3ccc(CN4CCN(C)CC4)cc3C2)c(O)cc1O.Cl.Cl. The molecule has 4 rings (SSSR count). The van der Waals surface area contributed by atoms with E-state index < -0.39 is 0 Å². The Morgan fingerprint density at radius 1 is 0.938 bits per heavy atom. The zero-order valence-corrected chi connectivity index (χ0v) is 20.5. The lowest BCUT2D eigenvalue weighted by Gasteiger charge is -2.32. The van der Waals surface area contributed by atoms with Crippen LogP contribution in [0.4, 0.5) is 0 Å². The van der Waals surface area contributed by atoms with Crippen molar-refractivity contribution in [1.82, 2.24) is 14.7 Å². The highest BCUT2D eigenvalue weighted by Gasteiger charge is 2.27. The van der Waals surface area contributed by atoms with Crippen molar-refractivity contribution in [3.05, 3.63) is 58.1 Å². The molecule has 2 N–H and O–H groups in total. The van der Waals surface area contributed by atoms with E-state index in [0.29, 0.717) is 18.7 Å². The smallest absolute Gasteiger partial charge is 0.258 e. The van der Waals surface area contributed by atoms with Gasteiger partial charge in [0.05, 0.1) is 5.56 Å². The number of piperazine rings is 1. The summed E-state index contributed by atoms with van der Waals surface area (Å²) in [6, 6.07) is 9.42. The van der Waals surface area contributed by atoms with Gasteiger partial charge in [-0.15, -0.1) is 24.8 Å². The Labute approximate surface area is 202 Å². The van der Waals surface area contributed by atoms with Crippen LogP contribution in [-0.4, -0.2) is 64.0 Å². The predicted octanol–water partition coefficient (Wildman–Crippen LogP) is 3.97. The second-order valence-electron chi connectivity index (χ2n) is 8.93. The minimum atomic E-state index is -0.203. The summed E-state index contributed by atoms with van der Waals surface area (Å²) >= 11 is 0. The third-order valence-electron chi connectivity index (χ3n) is 6.28. The van der Waals surface area contributed by atoms with Gasteiger partial charge in [0.15, 0.2) is 0 Å². The normalized spacial score (nSPS) is 16.4. The molecule has 0 unspecified atom stereocenters. The van der Waals surface area contributed by atoms with Gasteiger partial charge in [-0.2, -0.15) is 0 Å². The third kappa shape index (κ3) is 5.49. The van der Waals surface area contributed by atoms with E-state index >= 15 is 0 Å². The zero-order chi connectivity index (χ0) is 21.4. The number of fused-ring (bicyclic) bond motifs is 1. The highest BCUT2D eigenvalue weighted by molar-refractivity contribution is 5.97. The lowest BCUT2D eigenvalue weighted by atomic mass is 9.98. The van der Waals surface area contributed by atoms with Gasteiger partial charge < -0.3 is 20.0 Å². The van der Waals surface area contributed by atoms with Crippen molar-refractivity contribution in [2.24, 2.45) is 0 Å². The van der Waals surface area contributed by atoms with Crippen LogP contribution in [0.5, 0.6) is 11.5 Å². The summed E-state index contributed by atoms with van der Waals surface area (Å²) < 4.78 is 0. The molecule has 0 aromatic heterocycles. The van der Waals surface area contributed by atoms with Crippen LogP contribution in [-0.2, 0) is 19.6 Å². The van der Waals surface area contributed by atoms with Gasteiger partial charge in [-0.1, -0.05) is 32.0 Å². The van der Waals surface area contributed by atoms with E-state index in [1.807, 2.05) is 13.8 Å².